The second-order valence-corrected chi connectivity index (χ2v) is 7.48. The lowest BCUT2D eigenvalue weighted by Gasteiger charge is -2.31. The smallest absolute Gasteiger partial charge is 0.253 e. The maximum atomic E-state index is 12.8. The lowest BCUT2D eigenvalue weighted by atomic mass is 9.99. The first-order chi connectivity index (χ1) is 12.6. The lowest BCUT2D eigenvalue weighted by molar-refractivity contribution is -0.117. The predicted molar refractivity (Wildman–Crippen MR) is 102 cm³/mol. The number of nitrogens with zero attached hydrogens (tertiary/aromatic N) is 2. The van der Waals surface area contributed by atoms with Gasteiger partial charge in [0.25, 0.3) is 5.91 Å². The molecule has 0 radical (unpaired) electrons. The average Bonchev–Trinajstić information content (AvgIpc) is 2.96. The van der Waals surface area contributed by atoms with Crippen molar-refractivity contribution in [2.45, 2.75) is 32.7 Å². The third kappa shape index (κ3) is 3.24. The molecule has 2 aromatic rings. The average molecular weight is 348 g/mol. The minimum Gasteiger partial charge on any atom is -0.338 e. The summed E-state index contributed by atoms with van der Waals surface area (Å²) in [5, 5.41) is 0. The molecule has 2 aromatic carbocycles. The summed E-state index contributed by atoms with van der Waals surface area (Å²) in [6.07, 6.45) is 2.64. The van der Waals surface area contributed by atoms with Crippen molar-refractivity contribution >= 4 is 17.5 Å². The summed E-state index contributed by atoms with van der Waals surface area (Å²) < 4.78 is 0. The molecule has 0 bridgehead atoms. The fourth-order valence-electron chi connectivity index (χ4n) is 4.01. The van der Waals surface area contributed by atoms with Crippen LogP contribution >= 0.6 is 0 Å². The molecule has 0 unspecified atom stereocenters. The van der Waals surface area contributed by atoms with E-state index in [2.05, 4.69) is 6.92 Å². The molecular weight excluding hydrogens is 324 g/mol. The number of carbonyl (C=O) groups is 2. The van der Waals surface area contributed by atoms with Crippen LogP contribution in [0.5, 0.6) is 0 Å². The first-order valence-corrected chi connectivity index (χ1v) is 9.38. The van der Waals surface area contributed by atoms with E-state index in [0.717, 1.165) is 36.3 Å². The second kappa shape index (κ2) is 6.94. The van der Waals surface area contributed by atoms with E-state index in [-0.39, 0.29) is 11.8 Å². The molecule has 4 rings (SSSR count). The molecule has 4 heteroatoms. The topological polar surface area (TPSA) is 40.6 Å². The van der Waals surface area contributed by atoms with Gasteiger partial charge in [-0.15, -0.1) is 0 Å². The molecule has 2 heterocycles. The molecule has 2 amide bonds. The summed E-state index contributed by atoms with van der Waals surface area (Å²) in [6, 6.07) is 15.7. The van der Waals surface area contributed by atoms with Gasteiger partial charge >= 0.3 is 0 Å². The second-order valence-electron chi connectivity index (χ2n) is 7.48. The zero-order valence-corrected chi connectivity index (χ0v) is 15.1. The van der Waals surface area contributed by atoms with Crippen LogP contribution in [0.1, 0.15) is 41.3 Å². The normalized spacial score (nSPS) is 19.6. The molecule has 2 aliphatic heterocycles. The lowest BCUT2D eigenvalue weighted by Crippen LogP contribution is -2.39. The maximum absolute atomic E-state index is 12.8. The Labute approximate surface area is 154 Å². The van der Waals surface area contributed by atoms with E-state index >= 15 is 0 Å². The molecule has 1 saturated heterocycles. The van der Waals surface area contributed by atoms with Crippen molar-refractivity contribution in [3.63, 3.8) is 0 Å². The third-order valence-electron chi connectivity index (χ3n) is 5.39. The standard InChI is InChI=1S/C22H24N2O2/c1-16-6-5-11-23(14-16)22(26)18-9-10-20-19(12-18)13-21(25)24(20)15-17-7-3-2-4-8-17/h2-4,7-10,12,16H,5-6,11,13-15H2,1H3/t16-/m0/s1. The van der Waals surface area contributed by atoms with Gasteiger partial charge in [-0.3, -0.25) is 9.59 Å². The molecule has 0 aliphatic carbocycles. The molecule has 26 heavy (non-hydrogen) atoms. The Hall–Kier alpha value is -2.62. The number of carbonyl (C=O) groups excluding carboxylic acids is 2. The van der Waals surface area contributed by atoms with Crippen LogP contribution in [0.2, 0.25) is 0 Å². The first kappa shape index (κ1) is 16.8. The van der Waals surface area contributed by atoms with Crippen molar-refractivity contribution in [1.29, 1.82) is 0 Å². The van der Waals surface area contributed by atoms with Crippen LogP contribution in [0.25, 0.3) is 0 Å². The molecule has 134 valence electrons. The number of hydrogen-bond donors (Lipinski definition) is 0. The number of fused-ring (bicyclic) bond motifs is 1. The number of benzene rings is 2. The van der Waals surface area contributed by atoms with Crippen molar-refractivity contribution in [2.24, 2.45) is 5.92 Å². The van der Waals surface area contributed by atoms with E-state index in [1.807, 2.05) is 58.3 Å². The van der Waals surface area contributed by atoms with Crippen LogP contribution in [0.3, 0.4) is 0 Å². The van der Waals surface area contributed by atoms with E-state index in [9.17, 15) is 9.59 Å². The van der Waals surface area contributed by atoms with E-state index in [1.54, 1.807) is 0 Å². The van der Waals surface area contributed by atoms with E-state index in [1.165, 1.54) is 6.42 Å². The number of anilines is 1. The van der Waals surface area contributed by atoms with Crippen molar-refractivity contribution in [2.75, 3.05) is 18.0 Å². The van der Waals surface area contributed by atoms with Gasteiger partial charge in [0.1, 0.15) is 0 Å². The van der Waals surface area contributed by atoms with Crippen LogP contribution in [0.4, 0.5) is 5.69 Å². The highest BCUT2D eigenvalue weighted by atomic mass is 16.2. The van der Waals surface area contributed by atoms with Crippen LogP contribution in [-0.4, -0.2) is 29.8 Å². The van der Waals surface area contributed by atoms with Gasteiger partial charge < -0.3 is 9.80 Å². The summed E-state index contributed by atoms with van der Waals surface area (Å²) in [5.74, 6) is 0.749. The molecule has 1 atom stereocenters. The molecular formula is C22H24N2O2. The summed E-state index contributed by atoms with van der Waals surface area (Å²) in [6.45, 7) is 4.43. The predicted octanol–water partition coefficient (Wildman–Crippen LogP) is 3.65. The van der Waals surface area contributed by atoms with Gasteiger partial charge in [0.2, 0.25) is 5.91 Å². The molecule has 0 saturated carbocycles. The molecule has 2 aliphatic rings. The van der Waals surface area contributed by atoms with Gasteiger partial charge in [0, 0.05) is 24.3 Å². The molecule has 4 nitrogen and oxygen atoms in total. The Kier molecular flexibility index (Phi) is 4.49. The SMILES string of the molecule is C[C@H]1CCCN(C(=O)c2ccc3c(c2)CC(=O)N3Cc2ccccc2)C1. The van der Waals surface area contributed by atoms with Crippen molar-refractivity contribution in [1.82, 2.24) is 4.90 Å². The van der Waals surface area contributed by atoms with Crippen molar-refractivity contribution < 1.29 is 9.59 Å². The Bertz CT molecular complexity index is 831. The summed E-state index contributed by atoms with van der Waals surface area (Å²) >= 11 is 0. The summed E-state index contributed by atoms with van der Waals surface area (Å²) in [7, 11) is 0. The minimum atomic E-state index is 0.0910. The molecule has 0 aromatic heterocycles. The highest BCUT2D eigenvalue weighted by molar-refractivity contribution is 6.03. The maximum Gasteiger partial charge on any atom is 0.253 e. The first-order valence-electron chi connectivity index (χ1n) is 9.38. The fraction of sp³-hybridized carbons (Fsp3) is 0.364. The molecule has 0 N–H and O–H groups in total. The Morgan fingerprint density at radius 3 is 2.73 bits per heavy atom. The van der Waals surface area contributed by atoms with Gasteiger partial charge in [-0.25, -0.2) is 0 Å². The van der Waals surface area contributed by atoms with Gasteiger partial charge in [-0.1, -0.05) is 37.3 Å². The summed E-state index contributed by atoms with van der Waals surface area (Å²) in [5.41, 5.74) is 3.70. The van der Waals surface area contributed by atoms with Crippen molar-refractivity contribution in [3.05, 3.63) is 65.2 Å². The van der Waals surface area contributed by atoms with Crippen LogP contribution in [0, 0.1) is 5.92 Å². The van der Waals surface area contributed by atoms with Gasteiger partial charge in [0.05, 0.1) is 13.0 Å². The number of amides is 2. The zero-order chi connectivity index (χ0) is 18.1. The Morgan fingerprint density at radius 1 is 1.15 bits per heavy atom. The Balaban J connectivity index is 1.55. The van der Waals surface area contributed by atoms with Gasteiger partial charge in [-0.05, 0) is 48.1 Å². The van der Waals surface area contributed by atoms with Crippen molar-refractivity contribution in [3.8, 4) is 0 Å². The summed E-state index contributed by atoms with van der Waals surface area (Å²) in [4.78, 5) is 29.1. The van der Waals surface area contributed by atoms with E-state index in [4.69, 9.17) is 0 Å². The monoisotopic (exact) mass is 348 g/mol. The number of rotatable bonds is 3. The zero-order valence-electron chi connectivity index (χ0n) is 15.1. The van der Waals surface area contributed by atoms with Gasteiger partial charge in [-0.2, -0.15) is 0 Å². The van der Waals surface area contributed by atoms with Crippen LogP contribution in [0.15, 0.2) is 48.5 Å². The minimum absolute atomic E-state index is 0.0910. The quantitative estimate of drug-likeness (QED) is 0.849. The van der Waals surface area contributed by atoms with E-state index in [0.29, 0.717) is 24.4 Å². The largest absolute Gasteiger partial charge is 0.338 e. The highest BCUT2D eigenvalue weighted by Gasteiger charge is 2.29. The van der Waals surface area contributed by atoms with Crippen LogP contribution in [-0.2, 0) is 17.8 Å². The number of likely N-dealkylation sites (tertiary alicyclic amines) is 1. The van der Waals surface area contributed by atoms with Gasteiger partial charge in [0.15, 0.2) is 0 Å². The number of hydrogen-bond acceptors (Lipinski definition) is 2. The van der Waals surface area contributed by atoms with Crippen LogP contribution < -0.4 is 4.90 Å². The third-order valence-corrected chi connectivity index (χ3v) is 5.39. The van der Waals surface area contributed by atoms with E-state index < -0.39 is 0 Å². The molecule has 0 spiro atoms. The fourth-order valence-corrected chi connectivity index (χ4v) is 4.01. The molecule has 1 fully saturated rings. The Morgan fingerprint density at radius 2 is 1.96 bits per heavy atom. The highest BCUT2D eigenvalue weighted by Crippen LogP contribution is 2.31. The number of piperidine rings is 1.